The molecule has 0 nitrogen and oxygen atoms in total. The van der Waals surface area contributed by atoms with Crippen LogP contribution >= 0.6 is 0 Å². The summed E-state index contributed by atoms with van der Waals surface area (Å²) in [6, 6.07) is 0. The molecule has 0 atom stereocenters. The molecule has 0 spiro atoms. The summed E-state index contributed by atoms with van der Waals surface area (Å²) in [6.07, 6.45) is 0. The number of rotatable bonds is 0. The third kappa shape index (κ3) is 8.82. The second kappa shape index (κ2) is 17.8. The molecule has 0 unspecified atom stereocenters. The van der Waals surface area contributed by atoms with Crippen molar-refractivity contribution >= 4 is 0 Å². The van der Waals surface area contributed by atoms with Gasteiger partial charge in [-0.2, -0.15) is 0 Å². The van der Waals surface area contributed by atoms with Crippen LogP contribution in [0.3, 0.4) is 0 Å². The van der Waals surface area contributed by atoms with Crippen molar-refractivity contribution in [3.63, 3.8) is 0 Å². The Hall–Kier alpha value is 2.51. The van der Waals surface area contributed by atoms with Gasteiger partial charge in [-0.3, -0.25) is 0 Å². The molecule has 0 saturated carbocycles. The van der Waals surface area contributed by atoms with Crippen LogP contribution in [0.5, 0.6) is 0 Å². The molecule has 0 N–H and O–H groups in total. The summed E-state index contributed by atoms with van der Waals surface area (Å²) in [5.74, 6) is 0. The van der Waals surface area contributed by atoms with Gasteiger partial charge in [-0.15, -0.1) is 0 Å². The minimum atomic E-state index is 0. The van der Waals surface area contributed by atoms with E-state index in [0.717, 1.165) is 0 Å². The van der Waals surface area contributed by atoms with Gasteiger partial charge < -0.3 is 0 Å². The molecule has 0 aliphatic rings. The summed E-state index contributed by atoms with van der Waals surface area (Å²) in [7, 11) is 0. The van der Waals surface area contributed by atoms with Crippen LogP contribution in [-0.4, -0.2) is 0 Å². The summed E-state index contributed by atoms with van der Waals surface area (Å²) in [6.45, 7) is 0. The molecule has 0 aliphatic carbocycles. The zero-order chi connectivity index (χ0) is 0. The van der Waals surface area contributed by atoms with E-state index in [2.05, 4.69) is 0 Å². The van der Waals surface area contributed by atoms with Crippen LogP contribution in [0.15, 0.2) is 0 Å². The fourth-order valence-electron chi connectivity index (χ4n) is 0. The zero-order valence-electron chi connectivity index (χ0n) is 1.47. The van der Waals surface area contributed by atoms with Crippen molar-refractivity contribution in [2.45, 2.75) is 0 Å². The average molecular weight is 403 g/mol. The quantitative estimate of drug-likeness (QED) is 0.500. The van der Waals surface area contributed by atoms with Gasteiger partial charge in [-0.1, -0.05) is 0 Å². The van der Waals surface area contributed by atoms with Crippen molar-refractivity contribution in [3.8, 4) is 0 Å². The van der Waals surface area contributed by atoms with Crippen LogP contribution in [0, 0.1) is 0 Å². The number of hydrogen-bond acceptors (Lipinski definition) is 0. The summed E-state index contributed by atoms with van der Waals surface area (Å²) >= 11 is 0. The van der Waals surface area contributed by atoms with Crippen LogP contribution in [0.4, 0.5) is 0 Å². The van der Waals surface area contributed by atoms with Crippen LogP contribution in [0.1, 0.15) is 0 Å². The molecule has 4 heavy (non-hydrogen) atoms. The standard InChI is InChI=1S/Au.Mo.Ni.V. The normalized spacial score (nSPS) is 0. The Labute approximate surface area is 77.4 Å². The Morgan fingerprint density at radius 3 is 1.00 bits per heavy atom. The van der Waals surface area contributed by atoms with E-state index in [1.165, 1.54) is 0 Å². The van der Waals surface area contributed by atoms with Gasteiger partial charge in [-0.25, -0.2) is 0 Å². The van der Waals surface area contributed by atoms with E-state index in [4.69, 9.17) is 0 Å². The predicted octanol–water partition coefficient (Wildman–Crippen LogP) is -0.0100. The molecule has 0 fully saturated rings. The SMILES string of the molecule is [Au].[Mo].[Ni].[V]. The van der Waals surface area contributed by atoms with Crippen molar-refractivity contribution in [2.75, 3.05) is 0 Å². The number of hydrogen-bond donors (Lipinski definition) is 0. The topological polar surface area (TPSA) is 0 Å². The first-order valence-corrected chi connectivity index (χ1v) is 0. The maximum atomic E-state index is 0. The Morgan fingerprint density at radius 2 is 1.00 bits per heavy atom. The van der Waals surface area contributed by atoms with Gasteiger partial charge in [0, 0.05) is 78.5 Å². The molecule has 2 radical (unpaired) electrons. The van der Waals surface area contributed by atoms with Gasteiger partial charge in [0.1, 0.15) is 0 Å². The maximum absolute atomic E-state index is 0. The first-order valence-electron chi connectivity index (χ1n) is 0. The van der Waals surface area contributed by atoms with E-state index < -0.39 is 0 Å². The van der Waals surface area contributed by atoms with Gasteiger partial charge in [0.05, 0.1) is 0 Å². The summed E-state index contributed by atoms with van der Waals surface area (Å²) in [5, 5.41) is 0. The molecular formula is AuMoNiV. The molecule has 32 valence electrons. The van der Waals surface area contributed by atoms with Crippen LogP contribution in [0.2, 0.25) is 0 Å². The molecule has 0 rings (SSSR count). The summed E-state index contributed by atoms with van der Waals surface area (Å²) in [4.78, 5) is 0. The van der Waals surface area contributed by atoms with Crippen molar-refractivity contribution in [1.29, 1.82) is 0 Å². The molecule has 0 aromatic carbocycles. The van der Waals surface area contributed by atoms with Gasteiger partial charge in [0.15, 0.2) is 0 Å². The molecule has 0 aromatic heterocycles. The molecule has 0 heterocycles. The van der Waals surface area contributed by atoms with Crippen LogP contribution in [-0.2, 0) is 78.5 Å². The van der Waals surface area contributed by atoms with Crippen molar-refractivity contribution in [3.05, 3.63) is 0 Å². The third-order valence-corrected chi connectivity index (χ3v) is 0. The van der Waals surface area contributed by atoms with Gasteiger partial charge >= 0.3 is 0 Å². The molecule has 0 aromatic rings. The van der Waals surface area contributed by atoms with Gasteiger partial charge in [0.2, 0.25) is 0 Å². The molecule has 0 aliphatic heterocycles. The van der Waals surface area contributed by atoms with Gasteiger partial charge in [0.25, 0.3) is 0 Å². The minimum Gasteiger partial charge on any atom is 0 e. The van der Waals surface area contributed by atoms with Gasteiger partial charge in [-0.05, 0) is 0 Å². The molecule has 0 amide bonds. The third-order valence-electron chi connectivity index (χ3n) is 0. The van der Waals surface area contributed by atoms with E-state index in [1.54, 1.807) is 0 Å². The fourth-order valence-corrected chi connectivity index (χ4v) is 0. The van der Waals surface area contributed by atoms with Crippen molar-refractivity contribution in [1.82, 2.24) is 0 Å². The molecule has 0 saturated heterocycles. The molecule has 4 heteroatoms. The van der Waals surface area contributed by atoms with Crippen molar-refractivity contribution in [2.24, 2.45) is 0 Å². The predicted molar refractivity (Wildman–Crippen MR) is 0 cm³/mol. The van der Waals surface area contributed by atoms with E-state index >= 15 is 0 Å². The Balaban J connectivity index is 0. The maximum Gasteiger partial charge on any atom is 0 e. The van der Waals surface area contributed by atoms with Crippen molar-refractivity contribution < 1.29 is 78.5 Å². The summed E-state index contributed by atoms with van der Waals surface area (Å²) < 4.78 is 0. The van der Waals surface area contributed by atoms with Crippen LogP contribution < -0.4 is 0 Å². The van der Waals surface area contributed by atoms with E-state index in [0.29, 0.717) is 0 Å². The van der Waals surface area contributed by atoms with E-state index in [-0.39, 0.29) is 78.5 Å². The minimum absolute atomic E-state index is 0. The zero-order valence-corrected chi connectivity index (χ0v) is 8.03. The average Bonchev–Trinajstić information content (AvgIpc) is 0. The second-order valence-corrected chi connectivity index (χ2v) is 0. The largest absolute Gasteiger partial charge is 0 e. The Morgan fingerprint density at radius 1 is 1.00 bits per heavy atom. The fraction of sp³-hybridized carbons (Fsp3) is 0. The molecular weight excluding hydrogens is 403 g/mol. The summed E-state index contributed by atoms with van der Waals surface area (Å²) in [5.41, 5.74) is 0. The Kier molecular flexibility index (Phi) is 140. The van der Waals surface area contributed by atoms with E-state index in [9.17, 15) is 0 Å². The monoisotopic (exact) mass is 404 g/mol. The van der Waals surface area contributed by atoms with E-state index in [1.807, 2.05) is 0 Å². The first-order chi connectivity index (χ1) is 0. The second-order valence-electron chi connectivity index (χ2n) is 0. The molecule has 0 bridgehead atoms. The Bertz CT molecular complexity index is 8.00. The first kappa shape index (κ1) is 31.4. The smallest absolute Gasteiger partial charge is 0 e. The van der Waals surface area contributed by atoms with Crippen LogP contribution in [0.25, 0.3) is 0 Å².